The molecule has 25 heavy (non-hydrogen) atoms. The number of hydrogen-bond donors (Lipinski definition) is 1. The van der Waals surface area contributed by atoms with Gasteiger partial charge in [0.2, 0.25) is 0 Å². The van der Waals surface area contributed by atoms with Gasteiger partial charge in [0.1, 0.15) is 0 Å². The van der Waals surface area contributed by atoms with E-state index in [4.69, 9.17) is 11.6 Å². The molecule has 1 saturated heterocycles. The molecular weight excluding hydrogens is 451 g/mol. The minimum atomic E-state index is -0.161. The summed E-state index contributed by atoms with van der Waals surface area (Å²) in [4.78, 5) is 26.6. The Labute approximate surface area is 165 Å². The lowest BCUT2D eigenvalue weighted by Crippen LogP contribution is -2.28. The van der Waals surface area contributed by atoms with E-state index in [2.05, 4.69) is 27.9 Å². The van der Waals surface area contributed by atoms with E-state index < -0.39 is 0 Å². The second-order valence-corrected chi connectivity index (χ2v) is 7.58. The molecule has 2 amide bonds. The summed E-state index contributed by atoms with van der Waals surface area (Å²) >= 11 is 8.08. The minimum Gasteiger partial charge on any atom is -0.348 e. The third-order valence-corrected chi connectivity index (χ3v) is 5.74. The van der Waals surface area contributed by atoms with Crippen LogP contribution in [0.5, 0.6) is 0 Å². The molecule has 0 spiro atoms. The van der Waals surface area contributed by atoms with Crippen LogP contribution < -0.4 is 5.32 Å². The largest absolute Gasteiger partial charge is 0.348 e. The molecule has 6 heteroatoms. The normalized spacial score (nSPS) is 13.8. The zero-order valence-corrected chi connectivity index (χ0v) is 16.5. The number of halogens is 2. The molecule has 0 aliphatic carbocycles. The maximum Gasteiger partial charge on any atom is 0.253 e. The van der Waals surface area contributed by atoms with Gasteiger partial charge in [-0.1, -0.05) is 23.7 Å². The molecule has 3 rings (SSSR count). The Balaban J connectivity index is 1.64. The van der Waals surface area contributed by atoms with E-state index in [9.17, 15) is 9.59 Å². The Morgan fingerprint density at radius 2 is 1.84 bits per heavy atom. The Hall–Kier alpha value is -1.60. The first-order chi connectivity index (χ1) is 12.0. The standard InChI is InChI=1S/C19H18ClIN2O2/c20-16-7-6-14(11-17(16)21)18(24)22-12-13-4-3-5-15(10-13)19(25)23-8-1-2-9-23/h3-7,10-11H,1-2,8-9,12H2,(H,22,24). The number of likely N-dealkylation sites (tertiary alicyclic amines) is 1. The van der Waals surface area contributed by atoms with Crippen molar-refractivity contribution in [3.05, 3.63) is 67.7 Å². The average molecular weight is 469 g/mol. The summed E-state index contributed by atoms with van der Waals surface area (Å²) in [7, 11) is 0. The quantitative estimate of drug-likeness (QED) is 0.687. The third-order valence-electron chi connectivity index (χ3n) is 4.20. The van der Waals surface area contributed by atoms with Gasteiger partial charge in [-0.2, -0.15) is 0 Å². The van der Waals surface area contributed by atoms with Crippen LogP contribution in [0.4, 0.5) is 0 Å². The maximum absolute atomic E-state index is 12.5. The van der Waals surface area contributed by atoms with Crippen LogP contribution in [0.2, 0.25) is 5.02 Å². The fourth-order valence-corrected chi connectivity index (χ4v) is 3.47. The molecule has 130 valence electrons. The number of rotatable bonds is 4. The summed E-state index contributed by atoms with van der Waals surface area (Å²) in [6.07, 6.45) is 2.14. The maximum atomic E-state index is 12.5. The Bertz CT molecular complexity index is 804. The average Bonchev–Trinajstić information content (AvgIpc) is 3.16. The van der Waals surface area contributed by atoms with Crippen LogP contribution in [-0.4, -0.2) is 29.8 Å². The summed E-state index contributed by atoms with van der Waals surface area (Å²) in [5.41, 5.74) is 2.15. The van der Waals surface area contributed by atoms with Crippen LogP contribution in [0.1, 0.15) is 39.1 Å². The van der Waals surface area contributed by atoms with Crippen molar-refractivity contribution in [1.29, 1.82) is 0 Å². The molecule has 2 aromatic rings. The van der Waals surface area contributed by atoms with Crippen LogP contribution in [0.3, 0.4) is 0 Å². The number of carbonyl (C=O) groups excluding carboxylic acids is 2. The molecule has 0 radical (unpaired) electrons. The van der Waals surface area contributed by atoms with Gasteiger partial charge in [0.15, 0.2) is 0 Å². The van der Waals surface area contributed by atoms with Crippen molar-refractivity contribution >= 4 is 46.0 Å². The molecule has 0 atom stereocenters. The summed E-state index contributed by atoms with van der Waals surface area (Å²) < 4.78 is 0.838. The van der Waals surface area contributed by atoms with Gasteiger partial charge in [0, 0.05) is 34.3 Å². The molecule has 0 aromatic heterocycles. The lowest BCUT2D eigenvalue weighted by atomic mass is 10.1. The molecular formula is C19H18ClIN2O2. The fraction of sp³-hybridized carbons (Fsp3) is 0.263. The predicted octanol–water partition coefficient (Wildman–Crippen LogP) is 4.11. The van der Waals surface area contributed by atoms with Crippen molar-refractivity contribution in [2.45, 2.75) is 19.4 Å². The van der Waals surface area contributed by atoms with E-state index >= 15 is 0 Å². The van der Waals surface area contributed by atoms with Crippen LogP contribution in [0, 0.1) is 3.57 Å². The van der Waals surface area contributed by atoms with Gasteiger partial charge in [-0.3, -0.25) is 9.59 Å². The molecule has 2 aromatic carbocycles. The van der Waals surface area contributed by atoms with Crippen LogP contribution in [0.25, 0.3) is 0 Å². The molecule has 1 N–H and O–H groups in total. The van der Waals surface area contributed by atoms with Crippen LogP contribution in [0.15, 0.2) is 42.5 Å². The van der Waals surface area contributed by atoms with Crippen molar-refractivity contribution in [3.63, 3.8) is 0 Å². The third kappa shape index (κ3) is 4.52. The molecule has 0 unspecified atom stereocenters. The number of carbonyl (C=O) groups is 2. The highest BCUT2D eigenvalue weighted by Crippen LogP contribution is 2.19. The van der Waals surface area contributed by atoms with E-state index in [0.717, 1.165) is 35.1 Å². The number of benzene rings is 2. The van der Waals surface area contributed by atoms with Crippen LogP contribution >= 0.6 is 34.2 Å². The van der Waals surface area contributed by atoms with Crippen molar-refractivity contribution in [1.82, 2.24) is 10.2 Å². The van der Waals surface area contributed by atoms with E-state index in [1.54, 1.807) is 18.2 Å². The second-order valence-electron chi connectivity index (χ2n) is 6.01. The predicted molar refractivity (Wildman–Crippen MR) is 107 cm³/mol. The molecule has 1 aliphatic rings. The van der Waals surface area contributed by atoms with Gasteiger partial charge in [0.05, 0.1) is 5.02 Å². The van der Waals surface area contributed by atoms with Gasteiger partial charge >= 0.3 is 0 Å². The number of nitrogens with zero attached hydrogens (tertiary/aromatic N) is 1. The molecule has 0 saturated carbocycles. The van der Waals surface area contributed by atoms with E-state index in [0.29, 0.717) is 22.7 Å². The van der Waals surface area contributed by atoms with Gasteiger partial charge in [0.25, 0.3) is 11.8 Å². The zero-order chi connectivity index (χ0) is 17.8. The highest BCUT2D eigenvalue weighted by molar-refractivity contribution is 14.1. The van der Waals surface area contributed by atoms with Gasteiger partial charge < -0.3 is 10.2 Å². The molecule has 1 fully saturated rings. The van der Waals surface area contributed by atoms with Crippen molar-refractivity contribution in [2.75, 3.05) is 13.1 Å². The summed E-state index contributed by atoms with van der Waals surface area (Å²) in [6.45, 7) is 2.03. The van der Waals surface area contributed by atoms with Gasteiger partial charge in [-0.05, 0) is 71.3 Å². The highest BCUT2D eigenvalue weighted by Gasteiger charge is 2.19. The molecule has 1 aliphatic heterocycles. The number of nitrogens with one attached hydrogen (secondary N) is 1. The van der Waals surface area contributed by atoms with Crippen molar-refractivity contribution < 1.29 is 9.59 Å². The van der Waals surface area contributed by atoms with Gasteiger partial charge in [-0.25, -0.2) is 0 Å². The molecule has 0 bridgehead atoms. The summed E-state index contributed by atoms with van der Waals surface area (Å²) in [5, 5.41) is 3.52. The monoisotopic (exact) mass is 468 g/mol. The molecule has 4 nitrogen and oxygen atoms in total. The SMILES string of the molecule is O=C(NCc1cccc(C(=O)N2CCCC2)c1)c1ccc(Cl)c(I)c1. The lowest BCUT2D eigenvalue weighted by Gasteiger charge is -2.15. The minimum absolute atomic E-state index is 0.0675. The van der Waals surface area contributed by atoms with E-state index in [-0.39, 0.29) is 11.8 Å². The number of amides is 2. The Morgan fingerprint density at radius 1 is 1.08 bits per heavy atom. The van der Waals surface area contributed by atoms with E-state index in [1.807, 2.05) is 29.2 Å². The molecule has 1 heterocycles. The van der Waals surface area contributed by atoms with Crippen LogP contribution in [-0.2, 0) is 6.54 Å². The van der Waals surface area contributed by atoms with Gasteiger partial charge in [-0.15, -0.1) is 0 Å². The van der Waals surface area contributed by atoms with Crippen molar-refractivity contribution in [2.24, 2.45) is 0 Å². The zero-order valence-electron chi connectivity index (χ0n) is 13.6. The first kappa shape index (κ1) is 18.2. The highest BCUT2D eigenvalue weighted by atomic mass is 127. The first-order valence-corrected chi connectivity index (χ1v) is 9.62. The van der Waals surface area contributed by atoms with Crippen molar-refractivity contribution in [3.8, 4) is 0 Å². The number of hydrogen-bond acceptors (Lipinski definition) is 2. The smallest absolute Gasteiger partial charge is 0.253 e. The Morgan fingerprint density at radius 3 is 2.56 bits per heavy atom. The summed E-state index contributed by atoms with van der Waals surface area (Å²) in [5.74, 6) is -0.0937. The topological polar surface area (TPSA) is 49.4 Å². The first-order valence-electron chi connectivity index (χ1n) is 8.16. The fourth-order valence-electron chi connectivity index (χ4n) is 2.84. The lowest BCUT2D eigenvalue weighted by molar-refractivity contribution is 0.0792. The summed E-state index contributed by atoms with van der Waals surface area (Å²) in [6, 6.07) is 12.6. The second kappa shape index (κ2) is 8.19. The Kier molecular flexibility index (Phi) is 5.96. The van der Waals surface area contributed by atoms with E-state index in [1.165, 1.54) is 0 Å².